The van der Waals surface area contributed by atoms with E-state index >= 15 is 0 Å². The van der Waals surface area contributed by atoms with E-state index < -0.39 is 6.43 Å². The molecule has 0 aliphatic carbocycles. The number of benzene rings is 2. The van der Waals surface area contributed by atoms with Gasteiger partial charge in [0.25, 0.3) is 6.43 Å². The number of hydrazone groups is 1. The van der Waals surface area contributed by atoms with E-state index in [1.807, 2.05) is 12.1 Å². The van der Waals surface area contributed by atoms with Gasteiger partial charge in [-0.3, -0.25) is 5.43 Å². The summed E-state index contributed by atoms with van der Waals surface area (Å²) >= 11 is 12.3. The Morgan fingerprint density at radius 3 is 2.69 bits per heavy atom. The monoisotopic (exact) mass is 531 g/mol. The third-order valence-electron chi connectivity index (χ3n) is 4.69. The lowest BCUT2D eigenvalue weighted by Gasteiger charge is -2.12. The number of halogens is 3. The van der Waals surface area contributed by atoms with E-state index in [9.17, 15) is 14.0 Å². The van der Waals surface area contributed by atoms with E-state index in [-0.39, 0.29) is 16.3 Å². The lowest BCUT2D eigenvalue weighted by Crippen LogP contribution is -2.23. The second kappa shape index (κ2) is 12.4. The minimum absolute atomic E-state index is 0.254. The van der Waals surface area contributed by atoms with Gasteiger partial charge in [0.2, 0.25) is 0 Å². The van der Waals surface area contributed by atoms with E-state index in [2.05, 4.69) is 26.9 Å². The van der Waals surface area contributed by atoms with Crippen molar-refractivity contribution in [3.63, 3.8) is 0 Å². The molecule has 0 fully saturated rings. The fraction of sp³-hybridized carbons (Fsp3) is 0.167. The molecular formula is C24H20ClF2N5OS2. The fourth-order valence-corrected chi connectivity index (χ4v) is 4.35. The quantitative estimate of drug-likeness (QED) is 0.149. The van der Waals surface area contributed by atoms with Gasteiger partial charge in [-0.25, -0.2) is 13.8 Å². The fourth-order valence-electron chi connectivity index (χ4n) is 3.02. The number of rotatable bonds is 8. The number of alkyl halides is 2. The number of nitriles is 1. The molecule has 11 heteroatoms. The number of thioether (sulfide) groups is 1. The maximum atomic E-state index is 13.2. The van der Waals surface area contributed by atoms with Gasteiger partial charge < -0.3 is 10.1 Å². The van der Waals surface area contributed by atoms with Crippen LogP contribution in [0.4, 0.5) is 14.5 Å². The number of aromatic nitrogens is 1. The molecule has 180 valence electrons. The Hall–Kier alpha value is -3.26. The Morgan fingerprint density at radius 2 is 2.03 bits per heavy atom. The highest BCUT2D eigenvalue weighted by Crippen LogP contribution is 2.32. The molecule has 0 saturated heterocycles. The molecule has 0 atom stereocenters. The van der Waals surface area contributed by atoms with Crippen molar-refractivity contribution in [2.75, 3.05) is 12.4 Å². The van der Waals surface area contributed by atoms with Crippen LogP contribution in [0.2, 0.25) is 5.02 Å². The van der Waals surface area contributed by atoms with Crippen LogP contribution in [0, 0.1) is 18.3 Å². The van der Waals surface area contributed by atoms with Crippen molar-refractivity contribution < 1.29 is 13.5 Å². The first-order chi connectivity index (χ1) is 16.8. The third kappa shape index (κ3) is 7.36. The number of anilines is 1. The van der Waals surface area contributed by atoms with E-state index in [0.29, 0.717) is 27.2 Å². The van der Waals surface area contributed by atoms with Crippen LogP contribution in [0.3, 0.4) is 0 Å². The average molecular weight is 532 g/mol. The Kier molecular flexibility index (Phi) is 9.37. The summed E-state index contributed by atoms with van der Waals surface area (Å²) in [5, 5.41) is 17.8. The summed E-state index contributed by atoms with van der Waals surface area (Å²) in [6.07, 6.45) is -1.13. The summed E-state index contributed by atoms with van der Waals surface area (Å²) in [5.41, 5.74) is 5.44. The van der Waals surface area contributed by atoms with Gasteiger partial charge in [0.1, 0.15) is 22.5 Å². The molecule has 0 aliphatic heterocycles. The average Bonchev–Trinajstić information content (AvgIpc) is 2.84. The highest BCUT2D eigenvalue weighted by molar-refractivity contribution is 7.98. The smallest absolute Gasteiger partial charge is 0.280 e. The molecule has 3 rings (SSSR count). The molecule has 0 spiro atoms. The number of ether oxygens (including phenoxy) is 1. The topological polar surface area (TPSA) is 82.3 Å². The number of nitrogens with one attached hydrogen (secondary N) is 2. The molecule has 1 heterocycles. The summed E-state index contributed by atoms with van der Waals surface area (Å²) < 4.78 is 31.8. The molecule has 0 saturated carbocycles. The molecular weight excluding hydrogens is 512 g/mol. The number of methoxy groups -OCH3 is 1. The molecule has 0 aliphatic rings. The van der Waals surface area contributed by atoms with Gasteiger partial charge in [-0.05, 0) is 78.8 Å². The van der Waals surface area contributed by atoms with Crippen molar-refractivity contribution in [3.05, 3.63) is 81.5 Å². The first-order valence-corrected chi connectivity index (χ1v) is 11.9. The lowest BCUT2D eigenvalue weighted by atomic mass is 10.1. The van der Waals surface area contributed by atoms with Gasteiger partial charge in [0.05, 0.1) is 18.9 Å². The summed E-state index contributed by atoms with van der Waals surface area (Å²) in [5.74, 6) is 0.964. The standard InChI is InChI=1S/C24H20ClF2N5OS2/c1-14-9-20(22(26)27)31-23(19(14)11-28)35-13-16-10-15(3-8-21(16)33-2)12-29-32-24(34)30-18-6-4-17(25)5-7-18/h3-10,12,22H,13H2,1-2H3,(H2,30,32,34)/b29-12-. The molecule has 1 aromatic heterocycles. The van der Waals surface area contributed by atoms with Crippen LogP contribution >= 0.6 is 35.6 Å². The molecule has 2 N–H and O–H groups in total. The van der Waals surface area contributed by atoms with E-state index in [0.717, 1.165) is 16.8 Å². The molecule has 35 heavy (non-hydrogen) atoms. The first-order valence-electron chi connectivity index (χ1n) is 10.2. The van der Waals surface area contributed by atoms with Crippen molar-refractivity contribution in [2.45, 2.75) is 24.1 Å². The van der Waals surface area contributed by atoms with Crippen molar-refractivity contribution in [1.82, 2.24) is 10.4 Å². The van der Waals surface area contributed by atoms with Crippen molar-refractivity contribution in [3.8, 4) is 11.8 Å². The molecule has 0 bridgehead atoms. The van der Waals surface area contributed by atoms with Crippen molar-refractivity contribution in [1.29, 1.82) is 5.26 Å². The van der Waals surface area contributed by atoms with E-state index in [4.69, 9.17) is 28.6 Å². The van der Waals surface area contributed by atoms with Crippen LogP contribution in [0.1, 0.15) is 34.4 Å². The van der Waals surface area contributed by atoms with Crippen LogP contribution in [-0.2, 0) is 5.75 Å². The number of thiocarbonyl (C=S) groups is 1. The molecule has 3 aromatic rings. The first kappa shape index (κ1) is 26.3. The summed E-state index contributed by atoms with van der Waals surface area (Å²) in [6.45, 7) is 1.62. The van der Waals surface area contributed by atoms with Gasteiger partial charge in [0.15, 0.2) is 5.11 Å². The highest BCUT2D eigenvalue weighted by atomic mass is 35.5. The normalized spacial score (nSPS) is 10.9. The number of aryl methyl sites for hydroxylation is 1. The van der Waals surface area contributed by atoms with Crippen molar-refractivity contribution in [2.24, 2.45) is 5.10 Å². The number of hydrogen-bond donors (Lipinski definition) is 2. The summed E-state index contributed by atoms with van der Waals surface area (Å²) in [6, 6.07) is 15.8. The van der Waals surface area contributed by atoms with Crippen LogP contribution in [0.25, 0.3) is 0 Å². The maximum absolute atomic E-state index is 13.2. The van der Waals surface area contributed by atoms with Gasteiger partial charge in [0, 0.05) is 22.0 Å². The number of nitrogens with zero attached hydrogens (tertiary/aromatic N) is 3. The predicted octanol–water partition coefficient (Wildman–Crippen LogP) is 6.47. The lowest BCUT2D eigenvalue weighted by molar-refractivity contribution is 0.145. The van der Waals surface area contributed by atoms with Crippen molar-refractivity contribution >= 4 is 52.6 Å². The van der Waals surface area contributed by atoms with E-state index in [1.165, 1.54) is 17.8 Å². The SMILES string of the molecule is COc1ccc(/C=N\NC(=S)Nc2ccc(Cl)cc2)cc1CSc1nc(C(F)F)cc(C)c1C#N. The van der Waals surface area contributed by atoms with Gasteiger partial charge in [-0.2, -0.15) is 10.4 Å². The molecule has 6 nitrogen and oxygen atoms in total. The van der Waals surface area contributed by atoms with Gasteiger partial charge >= 0.3 is 0 Å². The summed E-state index contributed by atoms with van der Waals surface area (Å²) in [7, 11) is 1.54. The Labute approximate surface area is 216 Å². The Balaban J connectivity index is 1.70. The second-order valence-electron chi connectivity index (χ2n) is 7.15. The van der Waals surface area contributed by atoms with Crippen LogP contribution < -0.4 is 15.5 Å². The number of pyridine rings is 1. The zero-order valence-electron chi connectivity index (χ0n) is 18.7. The molecule has 0 amide bonds. The number of hydrogen-bond acceptors (Lipinski definition) is 6. The molecule has 0 radical (unpaired) electrons. The second-order valence-corrected chi connectivity index (χ2v) is 8.96. The minimum Gasteiger partial charge on any atom is -0.496 e. The van der Waals surface area contributed by atoms with Gasteiger partial charge in [-0.1, -0.05) is 11.6 Å². The zero-order chi connectivity index (χ0) is 25.4. The largest absolute Gasteiger partial charge is 0.496 e. The third-order valence-corrected chi connectivity index (χ3v) is 6.16. The maximum Gasteiger partial charge on any atom is 0.280 e. The van der Waals surface area contributed by atoms with Crippen LogP contribution in [0.15, 0.2) is 58.7 Å². The Morgan fingerprint density at radius 1 is 1.29 bits per heavy atom. The van der Waals surface area contributed by atoms with Crippen LogP contribution in [-0.4, -0.2) is 23.4 Å². The molecule has 2 aromatic carbocycles. The zero-order valence-corrected chi connectivity index (χ0v) is 21.1. The molecule has 0 unspecified atom stereocenters. The predicted molar refractivity (Wildman–Crippen MR) is 140 cm³/mol. The van der Waals surface area contributed by atoms with Gasteiger partial charge in [-0.15, -0.1) is 11.8 Å². The van der Waals surface area contributed by atoms with E-state index in [1.54, 1.807) is 50.6 Å². The minimum atomic E-state index is -2.72. The highest BCUT2D eigenvalue weighted by Gasteiger charge is 2.17. The Bertz CT molecular complexity index is 1280. The van der Waals surface area contributed by atoms with Crippen LogP contribution in [0.5, 0.6) is 5.75 Å². The summed E-state index contributed by atoms with van der Waals surface area (Å²) in [4.78, 5) is 3.99.